The van der Waals surface area contributed by atoms with Crippen LogP contribution in [0.4, 0.5) is 0 Å². The quantitative estimate of drug-likeness (QED) is 0.690. The number of rotatable bonds is 4. The average Bonchev–Trinajstić information content (AvgIpc) is 2.47. The Morgan fingerprint density at radius 1 is 1.10 bits per heavy atom. The fourth-order valence-corrected chi connectivity index (χ4v) is 1.93. The molecule has 0 heterocycles. The van der Waals surface area contributed by atoms with Crippen LogP contribution in [-0.4, -0.2) is 16.9 Å². The third kappa shape index (κ3) is 3.36. The van der Waals surface area contributed by atoms with Crippen LogP contribution in [0.25, 0.3) is 6.08 Å². The van der Waals surface area contributed by atoms with E-state index in [9.17, 15) is 14.7 Å². The summed E-state index contributed by atoms with van der Waals surface area (Å²) in [5.74, 6) is -1.85. The van der Waals surface area contributed by atoms with Crippen LogP contribution in [0, 0.1) is 6.92 Å². The third-order valence-electron chi connectivity index (χ3n) is 3.01. The van der Waals surface area contributed by atoms with E-state index in [1.54, 1.807) is 31.2 Å². The van der Waals surface area contributed by atoms with Crippen LogP contribution in [-0.2, 0) is 0 Å². The second kappa shape index (κ2) is 6.05. The largest absolute Gasteiger partial charge is 0.872 e. The fourth-order valence-electron chi connectivity index (χ4n) is 1.93. The number of hydrogen-bond acceptors (Lipinski definition) is 3. The van der Waals surface area contributed by atoms with E-state index in [0.29, 0.717) is 5.56 Å². The van der Waals surface area contributed by atoms with Crippen molar-refractivity contribution in [1.82, 2.24) is 0 Å². The van der Waals surface area contributed by atoms with E-state index >= 15 is 0 Å². The Bertz CT molecular complexity index is 729. The summed E-state index contributed by atoms with van der Waals surface area (Å²) in [6.07, 6.45) is 2.63. The zero-order valence-electron chi connectivity index (χ0n) is 11.4. The van der Waals surface area contributed by atoms with Crippen LogP contribution in [0.5, 0.6) is 5.75 Å². The molecule has 2 aromatic carbocycles. The number of carboxylic acid groups (broad SMARTS) is 1. The third-order valence-corrected chi connectivity index (χ3v) is 3.01. The summed E-state index contributed by atoms with van der Waals surface area (Å²) in [5, 5.41) is 20.7. The minimum Gasteiger partial charge on any atom is -0.872 e. The maximum Gasteiger partial charge on any atom is 0.336 e. The smallest absolute Gasteiger partial charge is 0.336 e. The van der Waals surface area contributed by atoms with Gasteiger partial charge in [-0.05, 0) is 30.7 Å². The number of aromatic carboxylic acids is 1. The van der Waals surface area contributed by atoms with E-state index < -0.39 is 11.8 Å². The van der Waals surface area contributed by atoms with Crippen molar-refractivity contribution in [2.45, 2.75) is 6.92 Å². The molecule has 4 heteroatoms. The second-order valence-corrected chi connectivity index (χ2v) is 4.59. The molecule has 106 valence electrons. The molecule has 4 nitrogen and oxygen atoms in total. The highest BCUT2D eigenvalue weighted by molar-refractivity contribution is 6.09. The van der Waals surface area contributed by atoms with Gasteiger partial charge in [-0.3, -0.25) is 4.79 Å². The standard InChI is InChI=1S/C17H14O4/c1-11-6-8-15(18)14(10-11)16(19)9-7-12-4-2-3-5-13(12)17(20)21/h2-10,18H,1H3,(H,20,21)/p-1/b9-7+. The molecule has 0 aromatic heterocycles. The maximum atomic E-state index is 12.0. The lowest BCUT2D eigenvalue weighted by molar-refractivity contribution is -0.268. The molecule has 0 aliphatic carbocycles. The predicted molar refractivity (Wildman–Crippen MR) is 77.4 cm³/mol. The first kappa shape index (κ1) is 14.5. The molecule has 0 bridgehead atoms. The first-order valence-electron chi connectivity index (χ1n) is 6.31. The van der Waals surface area contributed by atoms with Crippen molar-refractivity contribution in [2.75, 3.05) is 0 Å². The number of aryl methyl sites for hydroxylation is 1. The summed E-state index contributed by atoms with van der Waals surface area (Å²) in [7, 11) is 0. The lowest BCUT2D eigenvalue weighted by atomic mass is 10.0. The van der Waals surface area contributed by atoms with Gasteiger partial charge in [0.2, 0.25) is 0 Å². The van der Waals surface area contributed by atoms with E-state index in [-0.39, 0.29) is 16.9 Å². The number of carboxylic acids is 1. The Morgan fingerprint density at radius 2 is 1.81 bits per heavy atom. The van der Waals surface area contributed by atoms with Crippen molar-refractivity contribution in [2.24, 2.45) is 0 Å². The van der Waals surface area contributed by atoms with Crippen LogP contribution in [0.1, 0.15) is 31.8 Å². The molecule has 0 saturated heterocycles. The second-order valence-electron chi connectivity index (χ2n) is 4.59. The molecule has 0 aliphatic heterocycles. The summed E-state index contributed by atoms with van der Waals surface area (Å²) in [4.78, 5) is 23.1. The van der Waals surface area contributed by atoms with Crippen LogP contribution < -0.4 is 5.11 Å². The minimum atomic E-state index is -1.07. The van der Waals surface area contributed by atoms with E-state index in [2.05, 4.69) is 0 Å². The summed E-state index contributed by atoms with van der Waals surface area (Å²) in [6, 6.07) is 10.9. The molecule has 2 aromatic rings. The van der Waals surface area contributed by atoms with Gasteiger partial charge in [0, 0.05) is 5.56 Å². The Balaban J connectivity index is 2.31. The van der Waals surface area contributed by atoms with E-state index in [4.69, 9.17) is 5.11 Å². The molecular weight excluding hydrogens is 268 g/mol. The van der Waals surface area contributed by atoms with Crippen molar-refractivity contribution in [3.8, 4) is 5.75 Å². The molecule has 0 atom stereocenters. The van der Waals surface area contributed by atoms with Crippen LogP contribution in [0.15, 0.2) is 48.5 Å². The van der Waals surface area contributed by atoms with E-state index in [1.165, 1.54) is 30.4 Å². The summed E-state index contributed by atoms with van der Waals surface area (Å²) in [5.41, 5.74) is 1.42. The molecular formula is C17H13O4-. The highest BCUT2D eigenvalue weighted by Crippen LogP contribution is 2.17. The first-order valence-corrected chi connectivity index (χ1v) is 6.31. The van der Waals surface area contributed by atoms with Crippen LogP contribution in [0.3, 0.4) is 0 Å². The number of hydrogen-bond donors (Lipinski definition) is 1. The molecule has 1 N–H and O–H groups in total. The molecule has 2 rings (SSSR count). The molecule has 0 radical (unpaired) electrons. The Labute approximate surface area is 122 Å². The Morgan fingerprint density at radius 3 is 2.52 bits per heavy atom. The van der Waals surface area contributed by atoms with Crippen molar-refractivity contribution >= 4 is 17.8 Å². The zero-order chi connectivity index (χ0) is 15.4. The normalized spacial score (nSPS) is 10.7. The number of carbonyl (C=O) groups excluding carboxylic acids is 1. The average molecular weight is 281 g/mol. The number of benzene rings is 2. The van der Waals surface area contributed by atoms with Crippen molar-refractivity contribution in [1.29, 1.82) is 0 Å². The van der Waals surface area contributed by atoms with Gasteiger partial charge >= 0.3 is 5.97 Å². The van der Waals surface area contributed by atoms with Crippen molar-refractivity contribution < 1.29 is 19.8 Å². The van der Waals surface area contributed by atoms with Gasteiger partial charge < -0.3 is 10.2 Å². The van der Waals surface area contributed by atoms with Gasteiger partial charge in [0.15, 0.2) is 5.78 Å². The Hall–Kier alpha value is -2.88. The van der Waals surface area contributed by atoms with Gasteiger partial charge in [0.05, 0.1) is 5.56 Å². The number of allylic oxidation sites excluding steroid dienone is 1. The molecule has 0 unspecified atom stereocenters. The summed E-state index contributed by atoms with van der Waals surface area (Å²) >= 11 is 0. The fraction of sp³-hybridized carbons (Fsp3) is 0.0588. The summed E-state index contributed by atoms with van der Waals surface area (Å²) in [6.45, 7) is 1.79. The van der Waals surface area contributed by atoms with Crippen LogP contribution >= 0.6 is 0 Å². The predicted octanol–water partition coefficient (Wildman–Crippen LogP) is 2.66. The van der Waals surface area contributed by atoms with Gasteiger partial charge in [0.25, 0.3) is 0 Å². The SMILES string of the molecule is Cc1ccc([O-])c(C(=O)/C=C/c2ccccc2C(=O)O)c1. The molecule has 0 amide bonds. The topological polar surface area (TPSA) is 77.4 Å². The Kier molecular flexibility index (Phi) is 4.18. The molecule has 0 spiro atoms. The molecule has 0 fully saturated rings. The molecule has 0 saturated carbocycles. The minimum absolute atomic E-state index is 0.0825. The lowest BCUT2D eigenvalue weighted by Crippen LogP contribution is -2.03. The molecule has 21 heavy (non-hydrogen) atoms. The highest BCUT2D eigenvalue weighted by atomic mass is 16.4. The van der Waals surface area contributed by atoms with Gasteiger partial charge in [-0.15, -0.1) is 0 Å². The van der Waals surface area contributed by atoms with Gasteiger partial charge in [-0.1, -0.05) is 47.7 Å². The van der Waals surface area contributed by atoms with Crippen molar-refractivity contribution in [3.63, 3.8) is 0 Å². The maximum absolute atomic E-state index is 12.0. The molecule has 0 aliphatic rings. The highest BCUT2D eigenvalue weighted by Gasteiger charge is 2.08. The first-order chi connectivity index (χ1) is 9.99. The van der Waals surface area contributed by atoms with E-state index in [0.717, 1.165) is 5.56 Å². The van der Waals surface area contributed by atoms with Gasteiger partial charge in [-0.25, -0.2) is 4.79 Å². The lowest BCUT2D eigenvalue weighted by Gasteiger charge is -2.11. The zero-order valence-corrected chi connectivity index (χ0v) is 11.4. The monoisotopic (exact) mass is 281 g/mol. The van der Waals surface area contributed by atoms with E-state index in [1.807, 2.05) is 0 Å². The van der Waals surface area contributed by atoms with Crippen molar-refractivity contribution in [3.05, 3.63) is 70.8 Å². The van der Waals surface area contributed by atoms with Gasteiger partial charge in [-0.2, -0.15) is 0 Å². The van der Waals surface area contributed by atoms with Gasteiger partial charge in [0.1, 0.15) is 0 Å². The summed E-state index contributed by atoms with van der Waals surface area (Å²) < 4.78 is 0. The number of ketones is 1. The number of carbonyl (C=O) groups is 2. The van der Waals surface area contributed by atoms with Crippen LogP contribution in [0.2, 0.25) is 0 Å².